The zero-order valence-electron chi connectivity index (χ0n) is 7.88. The lowest BCUT2D eigenvalue weighted by Gasteiger charge is -2.18. The molecule has 0 spiro atoms. The molecule has 2 nitrogen and oxygen atoms in total. The van der Waals surface area contributed by atoms with Crippen LogP contribution in [0, 0.1) is 16.7 Å². The molecule has 1 unspecified atom stereocenters. The summed E-state index contributed by atoms with van der Waals surface area (Å²) in [7, 11) is 1.93. The lowest BCUT2D eigenvalue weighted by molar-refractivity contribution is 0.451. The van der Waals surface area contributed by atoms with Gasteiger partial charge in [-0.1, -0.05) is 0 Å². The fourth-order valence-corrected chi connectivity index (χ4v) is 3.44. The molecule has 0 aliphatic heterocycles. The van der Waals surface area contributed by atoms with Crippen molar-refractivity contribution in [3.8, 4) is 6.07 Å². The first-order valence-corrected chi connectivity index (χ1v) is 6.21. The molecule has 0 aromatic carbocycles. The summed E-state index contributed by atoms with van der Waals surface area (Å²) in [6.07, 6.45) is 2.04. The minimum atomic E-state index is -0.140. The molecule has 1 heterocycles. The second-order valence-electron chi connectivity index (χ2n) is 3.66. The van der Waals surface area contributed by atoms with Crippen LogP contribution in [-0.4, -0.2) is 7.05 Å². The minimum Gasteiger partial charge on any atom is -0.311 e. The number of thiophene rings is 1. The summed E-state index contributed by atoms with van der Waals surface area (Å²) < 4.78 is 1.10. The average Bonchev–Trinajstić information content (AvgIpc) is 2.86. The molecule has 0 bridgehead atoms. The molecule has 1 aliphatic rings. The maximum absolute atomic E-state index is 9.13. The van der Waals surface area contributed by atoms with Gasteiger partial charge >= 0.3 is 0 Å². The molecule has 1 aromatic heterocycles. The van der Waals surface area contributed by atoms with Crippen LogP contribution in [0.4, 0.5) is 0 Å². The molecule has 4 heteroatoms. The van der Waals surface area contributed by atoms with Crippen molar-refractivity contribution in [2.75, 3.05) is 7.05 Å². The monoisotopic (exact) mass is 270 g/mol. The smallest absolute Gasteiger partial charge is 0.0777 e. The van der Waals surface area contributed by atoms with Gasteiger partial charge in [-0.05, 0) is 41.9 Å². The Morgan fingerprint density at radius 3 is 2.79 bits per heavy atom. The molecule has 1 aliphatic carbocycles. The Morgan fingerprint density at radius 2 is 2.43 bits per heavy atom. The van der Waals surface area contributed by atoms with Crippen molar-refractivity contribution in [1.82, 2.24) is 5.32 Å². The molecule has 0 amide bonds. The molecular weight excluding hydrogens is 260 g/mol. The van der Waals surface area contributed by atoms with Gasteiger partial charge in [0, 0.05) is 14.7 Å². The first-order valence-electron chi connectivity index (χ1n) is 4.54. The van der Waals surface area contributed by atoms with Crippen molar-refractivity contribution in [2.24, 2.45) is 5.41 Å². The maximum Gasteiger partial charge on any atom is 0.0777 e. The Balaban J connectivity index is 2.27. The number of hydrogen-bond acceptors (Lipinski definition) is 3. The molecule has 0 saturated heterocycles. The first kappa shape index (κ1) is 10.2. The Bertz CT molecular complexity index is 376. The van der Waals surface area contributed by atoms with E-state index in [4.69, 9.17) is 5.26 Å². The van der Waals surface area contributed by atoms with Crippen LogP contribution in [0.25, 0.3) is 0 Å². The van der Waals surface area contributed by atoms with Crippen molar-refractivity contribution < 1.29 is 0 Å². The van der Waals surface area contributed by atoms with Crippen LogP contribution in [0.2, 0.25) is 0 Å². The topological polar surface area (TPSA) is 35.8 Å². The Hall–Kier alpha value is -0.370. The average molecular weight is 271 g/mol. The van der Waals surface area contributed by atoms with Crippen LogP contribution < -0.4 is 5.32 Å². The second kappa shape index (κ2) is 3.65. The van der Waals surface area contributed by atoms with Crippen molar-refractivity contribution in [3.63, 3.8) is 0 Å². The van der Waals surface area contributed by atoms with Gasteiger partial charge in [0.1, 0.15) is 0 Å². The highest BCUT2D eigenvalue weighted by Gasteiger charge is 2.50. The maximum atomic E-state index is 9.13. The Morgan fingerprint density at radius 1 is 1.71 bits per heavy atom. The molecule has 74 valence electrons. The summed E-state index contributed by atoms with van der Waals surface area (Å²) >= 11 is 5.14. The number of hydrogen-bond donors (Lipinski definition) is 1. The summed E-state index contributed by atoms with van der Waals surface area (Å²) in [5.41, 5.74) is -0.140. The van der Waals surface area contributed by atoms with Crippen LogP contribution in [0.5, 0.6) is 0 Å². The largest absolute Gasteiger partial charge is 0.311 e. The minimum absolute atomic E-state index is 0.140. The summed E-state index contributed by atoms with van der Waals surface area (Å²) in [6.45, 7) is 0. The number of nitriles is 1. The SMILES string of the molecule is CNC(c1cc(Br)cs1)C1(C#N)CC1. The lowest BCUT2D eigenvalue weighted by Crippen LogP contribution is -2.24. The molecule has 1 N–H and O–H groups in total. The van der Waals surface area contributed by atoms with E-state index in [-0.39, 0.29) is 11.5 Å². The molecule has 2 rings (SSSR count). The second-order valence-corrected chi connectivity index (χ2v) is 5.52. The zero-order valence-corrected chi connectivity index (χ0v) is 10.3. The highest BCUT2D eigenvalue weighted by molar-refractivity contribution is 9.10. The highest BCUT2D eigenvalue weighted by atomic mass is 79.9. The Labute approximate surface area is 96.1 Å². The van der Waals surface area contributed by atoms with E-state index in [1.54, 1.807) is 11.3 Å². The van der Waals surface area contributed by atoms with Gasteiger partial charge in [0.2, 0.25) is 0 Å². The first-order chi connectivity index (χ1) is 6.72. The van der Waals surface area contributed by atoms with Crippen LogP contribution in [0.15, 0.2) is 15.9 Å². The van der Waals surface area contributed by atoms with Crippen LogP contribution in [-0.2, 0) is 0 Å². The van der Waals surface area contributed by atoms with E-state index in [0.29, 0.717) is 0 Å². The number of rotatable bonds is 3. The third kappa shape index (κ3) is 1.60. The number of nitrogens with zero attached hydrogens (tertiary/aromatic N) is 1. The molecule has 1 aromatic rings. The fraction of sp³-hybridized carbons (Fsp3) is 0.500. The molecule has 1 atom stereocenters. The molecule has 1 fully saturated rings. The molecule has 1 saturated carbocycles. The standard InChI is InChI=1S/C10H11BrN2S/c1-13-9(10(6-12)2-3-10)8-4-7(11)5-14-8/h4-5,9,13H,2-3H2,1H3. The lowest BCUT2D eigenvalue weighted by atomic mass is 9.97. The van der Waals surface area contributed by atoms with E-state index >= 15 is 0 Å². The summed E-state index contributed by atoms with van der Waals surface area (Å²) in [4.78, 5) is 1.25. The van der Waals surface area contributed by atoms with Crippen LogP contribution >= 0.6 is 27.3 Å². The van der Waals surface area contributed by atoms with E-state index in [2.05, 4.69) is 38.8 Å². The van der Waals surface area contributed by atoms with E-state index in [1.165, 1.54) is 4.88 Å². The number of nitrogens with one attached hydrogen (secondary N) is 1. The van der Waals surface area contributed by atoms with Gasteiger partial charge in [0.25, 0.3) is 0 Å². The van der Waals surface area contributed by atoms with Crippen molar-refractivity contribution in [3.05, 3.63) is 20.8 Å². The van der Waals surface area contributed by atoms with E-state index in [0.717, 1.165) is 17.3 Å². The van der Waals surface area contributed by atoms with E-state index in [9.17, 15) is 0 Å². The van der Waals surface area contributed by atoms with Crippen molar-refractivity contribution in [1.29, 1.82) is 5.26 Å². The summed E-state index contributed by atoms with van der Waals surface area (Å²) in [6, 6.07) is 4.74. The fourth-order valence-electron chi connectivity index (χ4n) is 1.77. The summed E-state index contributed by atoms with van der Waals surface area (Å²) in [5, 5.41) is 14.4. The van der Waals surface area contributed by atoms with Gasteiger partial charge < -0.3 is 5.32 Å². The van der Waals surface area contributed by atoms with Gasteiger partial charge in [-0.3, -0.25) is 0 Å². The highest BCUT2D eigenvalue weighted by Crippen LogP contribution is 2.55. The van der Waals surface area contributed by atoms with E-state index < -0.39 is 0 Å². The van der Waals surface area contributed by atoms with Crippen molar-refractivity contribution in [2.45, 2.75) is 18.9 Å². The van der Waals surface area contributed by atoms with Gasteiger partial charge in [0.05, 0.1) is 17.5 Å². The number of halogens is 1. The quantitative estimate of drug-likeness (QED) is 0.917. The normalized spacial score (nSPS) is 20.1. The predicted molar refractivity (Wildman–Crippen MR) is 61.1 cm³/mol. The molecule has 0 radical (unpaired) electrons. The molecule has 14 heavy (non-hydrogen) atoms. The van der Waals surface area contributed by atoms with E-state index in [1.807, 2.05) is 7.05 Å². The third-order valence-corrected chi connectivity index (χ3v) is 4.48. The van der Waals surface area contributed by atoms with Gasteiger partial charge in [-0.25, -0.2) is 0 Å². The van der Waals surface area contributed by atoms with Crippen LogP contribution in [0.3, 0.4) is 0 Å². The summed E-state index contributed by atoms with van der Waals surface area (Å²) in [5.74, 6) is 0. The van der Waals surface area contributed by atoms with Gasteiger partial charge in [0.15, 0.2) is 0 Å². The van der Waals surface area contributed by atoms with Crippen molar-refractivity contribution >= 4 is 27.3 Å². The molecular formula is C10H11BrN2S. The van der Waals surface area contributed by atoms with Crippen LogP contribution in [0.1, 0.15) is 23.8 Å². The van der Waals surface area contributed by atoms with Gasteiger partial charge in [-0.15, -0.1) is 11.3 Å². The third-order valence-electron chi connectivity index (χ3n) is 2.72. The Kier molecular flexibility index (Phi) is 2.65. The predicted octanol–water partition coefficient (Wildman–Crippen LogP) is 3.07. The van der Waals surface area contributed by atoms with Gasteiger partial charge in [-0.2, -0.15) is 5.26 Å². The zero-order chi connectivity index (χ0) is 10.2.